The maximum atomic E-state index is 13.2. The predicted molar refractivity (Wildman–Crippen MR) is 152 cm³/mol. The molecule has 0 aliphatic heterocycles. The summed E-state index contributed by atoms with van der Waals surface area (Å²) >= 11 is 1.37. The number of thioether (sulfide) groups is 1. The number of hydrogen-bond acceptors (Lipinski definition) is 4. The molecular weight excluding hydrogens is 490 g/mol. The minimum absolute atomic E-state index is 0.0797. The number of nitrogens with one attached hydrogen (secondary N) is 2. The lowest BCUT2D eigenvalue weighted by Gasteiger charge is -2.20. The molecule has 0 unspecified atom stereocenters. The number of fused-ring (bicyclic) bond motifs is 1. The maximum absolute atomic E-state index is 13.2. The zero-order valence-corrected chi connectivity index (χ0v) is 21.3. The molecule has 1 amide bonds. The van der Waals surface area contributed by atoms with Crippen molar-refractivity contribution in [2.45, 2.75) is 11.2 Å². The van der Waals surface area contributed by atoms with Gasteiger partial charge in [-0.15, -0.1) is 10.2 Å². The number of aromatic nitrogens is 4. The molecule has 6 rings (SSSR count). The van der Waals surface area contributed by atoms with Crippen molar-refractivity contribution in [2.75, 3.05) is 5.75 Å². The lowest BCUT2D eigenvalue weighted by Crippen LogP contribution is -2.30. The summed E-state index contributed by atoms with van der Waals surface area (Å²) < 4.78 is 2.01. The zero-order valence-electron chi connectivity index (χ0n) is 20.5. The summed E-state index contributed by atoms with van der Waals surface area (Å²) in [6, 6.07) is 37.9. The van der Waals surface area contributed by atoms with Crippen molar-refractivity contribution in [3.63, 3.8) is 0 Å². The number of para-hydroxylation sites is 2. The van der Waals surface area contributed by atoms with Gasteiger partial charge >= 0.3 is 0 Å². The molecule has 0 fully saturated rings. The molecule has 2 aromatic heterocycles. The van der Waals surface area contributed by atoms with E-state index in [0.29, 0.717) is 5.16 Å². The van der Waals surface area contributed by atoms with E-state index in [1.165, 1.54) is 11.8 Å². The van der Waals surface area contributed by atoms with Gasteiger partial charge in [-0.3, -0.25) is 9.36 Å². The zero-order chi connectivity index (χ0) is 25.7. The smallest absolute Gasteiger partial charge is 0.231 e. The number of aromatic amines is 1. The summed E-state index contributed by atoms with van der Waals surface area (Å²) in [4.78, 5) is 16.6. The Morgan fingerprint density at radius 1 is 0.789 bits per heavy atom. The molecule has 6 nitrogen and oxygen atoms in total. The first-order valence-electron chi connectivity index (χ1n) is 12.4. The Morgan fingerprint density at radius 3 is 2.08 bits per heavy atom. The first-order chi connectivity index (χ1) is 18.8. The van der Waals surface area contributed by atoms with Gasteiger partial charge in [-0.2, -0.15) is 0 Å². The summed E-state index contributed by atoms with van der Waals surface area (Å²) in [5, 5.41) is 14.0. The first kappa shape index (κ1) is 23.8. The fraction of sp³-hybridized carbons (Fsp3) is 0.0645. The molecule has 0 spiro atoms. The van der Waals surface area contributed by atoms with Crippen molar-refractivity contribution in [3.05, 3.63) is 133 Å². The normalized spacial score (nSPS) is 11.2. The van der Waals surface area contributed by atoms with Gasteiger partial charge in [-0.25, -0.2) is 0 Å². The lowest BCUT2D eigenvalue weighted by atomic mass is 9.99. The van der Waals surface area contributed by atoms with E-state index in [1.807, 2.05) is 120 Å². The van der Waals surface area contributed by atoms with Gasteiger partial charge in [0.15, 0.2) is 11.0 Å². The van der Waals surface area contributed by atoms with Crippen molar-refractivity contribution in [2.24, 2.45) is 0 Å². The Bertz CT molecular complexity index is 1620. The molecule has 4 aromatic carbocycles. The van der Waals surface area contributed by atoms with Crippen molar-refractivity contribution < 1.29 is 4.79 Å². The Balaban J connectivity index is 1.28. The van der Waals surface area contributed by atoms with Crippen molar-refractivity contribution in [1.29, 1.82) is 0 Å². The van der Waals surface area contributed by atoms with E-state index in [-0.39, 0.29) is 17.7 Å². The third-order valence-corrected chi connectivity index (χ3v) is 7.31. The van der Waals surface area contributed by atoms with Crippen molar-refractivity contribution in [1.82, 2.24) is 25.1 Å². The van der Waals surface area contributed by atoms with Crippen LogP contribution in [0, 0.1) is 0 Å². The van der Waals surface area contributed by atoms with Gasteiger partial charge in [-0.1, -0.05) is 109 Å². The number of carbonyl (C=O) groups is 1. The molecule has 2 heterocycles. The van der Waals surface area contributed by atoms with Crippen LogP contribution in [0.4, 0.5) is 0 Å². The van der Waals surface area contributed by atoms with Gasteiger partial charge in [0.05, 0.1) is 11.8 Å². The topological polar surface area (TPSA) is 75.6 Å². The fourth-order valence-corrected chi connectivity index (χ4v) is 5.35. The summed E-state index contributed by atoms with van der Waals surface area (Å²) in [6.07, 6.45) is 1.96. The highest BCUT2D eigenvalue weighted by atomic mass is 32.2. The molecule has 38 heavy (non-hydrogen) atoms. The van der Waals surface area contributed by atoms with Crippen LogP contribution in [0.3, 0.4) is 0 Å². The molecule has 0 atom stereocenters. The standard InChI is InChI=1S/C31H25N5OS/c37-28(33-29(22-12-4-1-5-13-22)23-14-6-2-7-15-23)21-38-31-35-34-30(36(31)24-16-8-3-9-17-24)26-20-32-27-19-11-10-18-25(26)27/h1-20,29,32H,21H2,(H,33,37). The fourth-order valence-electron chi connectivity index (χ4n) is 4.59. The molecular formula is C31H25N5OS. The van der Waals surface area contributed by atoms with Gasteiger partial charge in [0, 0.05) is 28.4 Å². The number of carbonyl (C=O) groups excluding carboxylic acids is 1. The largest absolute Gasteiger partial charge is 0.360 e. The van der Waals surface area contributed by atoms with Crippen LogP contribution in [-0.2, 0) is 4.79 Å². The van der Waals surface area contributed by atoms with Crippen LogP contribution in [0.5, 0.6) is 0 Å². The van der Waals surface area contributed by atoms with E-state index >= 15 is 0 Å². The van der Waals surface area contributed by atoms with Crippen LogP contribution in [0.2, 0.25) is 0 Å². The average molecular weight is 516 g/mol. The molecule has 0 saturated carbocycles. The van der Waals surface area contributed by atoms with Gasteiger partial charge in [0.1, 0.15) is 0 Å². The van der Waals surface area contributed by atoms with E-state index in [1.54, 1.807) is 0 Å². The second-order valence-corrected chi connectivity index (χ2v) is 9.78. The van der Waals surface area contributed by atoms with Crippen molar-refractivity contribution >= 4 is 28.6 Å². The Morgan fingerprint density at radius 2 is 1.39 bits per heavy atom. The summed E-state index contributed by atoms with van der Waals surface area (Å²) in [7, 11) is 0. The minimum atomic E-state index is -0.237. The van der Waals surface area contributed by atoms with Gasteiger partial charge in [0.25, 0.3) is 0 Å². The Labute approximate surface area is 224 Å². The van der Waals surface area contributed by atoms with Crippen molar-refractivity contribution in [3.8, 4) is 17.1 Å². The van der Waals surface area contributed by atoms with Gasteiger partial charge in [-0.05, 0) is 29.3 Å². The van der Waals surface area contributed by atoms with Gasteiger partial charge < -0.3 is 10.3 Å². The third-order valence-electron chi connectivity index (χ3n) is 6.38. The van der Waals surface area contributed by atoms with E-state index in [2.05, 4.69) is 26.6 Å². The van der Waals surface area contributed by atoms with Crippen LogP contribution in [0.25, 0.3) is 28.0 Å². The van der Waals surface area contributed by atoms with Crippen LogP contribution in [0.1, 0.15) is 17.2 Å². The van der Waals surface area contributed by atoms with E-state index in [0.717, 1.165) is 39.1 Å². The number of benzene rings is 4. The molecule has 2 N–H and O–H groups in total. The summed E-state index contributed by atoms with van der Waals surface area (Å²) in [5.74, 6) is 0.849. The Hall–Kier alpha value is -4.62. The summed E-state index contributed by atoms with van der Waals surface area (Å²) in [6.45, 7) is 0. The predicted octanol–water partition coefficient (Wildman–Crippen LogP) is 6.41. The number of amides is 1. The number of hydrogen-bond donors (Lipinski definition) is 2. The quantitative estimate of drug-likeness (QED) is 0.230. The van der Waals surface area contributed by atoms with E-state index in [9.17, 15) is 4.79 Å². The average Bonchev–Trinajstić information content (AvgIpc) is 3.60. The minimum Gasteiger partial charge on any atom is -0.360 e. The number of rotatable bonds is 8. The summed E-state index contributed by atoms with van der Waals surface area (Å²) in [5.41, 5.74) is 5.00. The molecule has 0 saturated heterocycles. The van der Waals surface area contributed by atoms with Gasteiger partial charge in [0.2, 0.25) is 5.91 Å². The highest BCUT2D eigenvalue weighted by Gasteiger charge is 2.21. The monoisotopic (exact) mass is 515 g/mol. The molecule has 0 aliphatic carbocycles. The third kappa shape index (κ3) is 4.84. The second kappa shape index (κ2) is 10.8. The maximum Gasteiger partial charge on any atom is 0.231 e. The van der Waals surface area contributed by atoms with Crippen LogP contribution < -0.4 is 5.32 Å². The van der Waals surface area contributed by atoms with E-state index < -0.39 is 0 Å². The molecule has 0 aliphatic rings. The number of nitrogens with zero attached hydrogens (tertiary/aromatic N) is 3. The SMILES string of the molecule is O=C(CSc1nnc(-c2c[nH]c3ccccc23)n1-c1ccccc1)NC(c1ccccc1)c1ccccc1. The molecule has 186 valence electrons. The second-order valence-electron chi connectivity index (χ2n) is 8.84. The molecule has 7 heteroatoms. The highest BCUT2D eigenvalue weighted by molar-refractivity contribution is 7.99. The Kier molecular flexibility index (Phi) is 6.74. The molecule has 6 aromatic rings. The van der Waals surface area contributed by atoms with Crippen LogP contribution in [-0.4, -0.2) is 31.4 Å². The molecule has 0 radical (unpaired) electrons. The van der Waals surface area contributed by atoms with Crippen LogP contribution >= 0.6 is 11.8 Å². The molecule has 0 bridgehead atoms. The highest BCUT2D eigenvalue weighted by Crippen LogP contribution is 2.32. The van der Waals surface area contributed by atoms with E-state index in [4.69, 9.17) is 0 Å². The lowest BCUT2D eigenvalue weighted by molar-refractivity contribution is -0.119. The number of H-pyrrole nitrogens is 1. The first-order valence-corrected chi connectivity index (χ1v) is 13.4. The van der Waals surface area contributed by atoms with Crippen LogP contribution in [0.15, 0.2) is 127 Å².